The highest BCUT2D eigenvalue weighted by Gasteiger charge is 2.32. The van der Waals surface area contributed by atoms with Crippen molar-refractivity contribution in [1.29, 1.82) is 0 Å². The van der Waals surface area contributed by atoms with E-state index in [1.165, 1.54) is 0 Å². The summed E-state index contributed by atoms with van der Waals surface area (Å²) in [5.41, 5.74) is 1.60. The van der Waals surface area contributed by atoms with Crippen LogP contribution >= 0.6 is 0 Å². The van der Waals surface area contributed by atoms with Crippen LogP contribution in [0.4, 0.5) is 5.69 Å². The summed E-state index contributed by atoms with van der Waals surface area (Å²) in [7, 11) is -3.52. The number of hydrogen-bond acceptors (Lipinski definition) is 5. The lowest BCUT2D eigenvalue weighted by Crippen LogP contribution is -2.39. The molecule has 0 bridgehead atoms. The van der Waals surface area contributed by atoms with Gasteiger partial charge in [-0.15, -0.1) is 0 Å². The van der Waals surface area contributed by atoms with Crippen molar-refractivity contribution < 1.29 is 22.7 Å². The Kier molecular flexibility index (Phi) is 5.54. The molecule has 7 nitrogen and oxygen atoms in total. The van der Waals surface area contributed by atoms with Crippen molar-refractivity contribution in [3.05, 3.63) is 53.4 Å². The lowest BCUT2D eigenvalue weighted by atomic mass is 9.93. The summed E-state index contributed by atoms with van der Waals surface area (Å²) in [5.74, 6) is 0.478. The zero-order chi connectivity index (χ0) is 20.5. The van der Waals surface area contributed by atoms with Crippen molar-refractivity contribution in [1.82, 2.24) is 5.32 Å². The second-order valence-corrected chi connectivity index (χ2v) is 10.3. The minimum atomic E-state index is -3.52. The van der Waals surface area contributed by atoms with E-state index in [1.54, 1.807) is 45.0 Å². The molecular weight excluding hydrogens is 380 g/mol. The standard InChI is InChI=1S/C20H26N2O5S/c1-13-16(9-10-17-18(13)27-12-11-26-17)21-19(23)14-5-7-15(8-6-14)22-28(24,25)20(2,3)4/h5-10,13,18,22H,11-12H2,1-4H3,(H,21,23)/t13-,18?/m1/s1. The fraction of sp³-hybridized carbons (Fsp3) is 0.450. The molecule has 2 aliphatic rings. The van der Waals surface area contributed by atoms with Crippen LogP contribution in [0.15, 0.2) is 47.9 Å². The zero-order valence-corrected chi connectivity index (χ0v) is 17.3. The fourth-order valence-electron chi connectivity index (χ4n) is 2.88. The number of benzene rings is 1. The summed E-state index contributed by atoms with van der Waals surface area (Å²) in [6.07, 6.45) is 3.46. The molecule has 1 unspecified atom stereocenters. The number of fused-ring (bicyclic) bond motifs is 1. The van der Waals surface area contributed by atoms with Gasteiger partial charge in [-0.05, 0) is 57.2 Å². The molecule has 28 heavy (non-hydrogen) atoms. The topological polar surface area (TPSA) is 93.7 Å². The predicted octanol–water partition coefficient (Wildman–Crippen LogP) is 2.79. The van der Waals surface area contributed by atoms with Gasteiger partial charge in [-0.3, -0.25) is 9.52 Å². The number of rotatable bonds is 4. The summed E-state index contributed by atoms with van der Waals surface area (Å²) in [6, 6.07) is 6.33. The van der Waals surface area contributed by atoms with Crippen molar-refractivity contribution >= 4 is 21.6 Å². The van der Waals surface area contributed by atoms with Crippen LogP contribution in [0.2, 0.25) is 0 Å². The first-order valence-electron chi connectivity index (χ1n) is 9.18. The molecule has 1 aliphatic heterocycles. The van der Waals surface area contributed by atoms with Gasteiger partial charge in [0.05, 0.1) is 11.4 Å². The normalized spacial score (nSPS) is 22.3. The Morgan fingerprint density at radius 3 is 2.43 bits per heavy atom. The zero-order valence-electron chi connectivity index (χ0n) is 16.5. The van der Waals surface area contributed by atoms with Gasteiger partial charge in [0, 0.05) is 22.9 Å². The van der Waals surface area contributed by atoms with Crippen LogP contribution in [0.5, 0.6) is 0 Å². The van der Waals surface area contributed by atoms with Gasteiger partial charge in [0.1, 0.15) is 18.5 Å². The molecule has 2 N–H and O–H groups in total. The number of anilines is 1. The van der Waals surface area contributed by atoms with Crippen LogP contribution in [0.25, 0.3) is 0 Å². The van der Waals surface area contributed by atoms with Gasteiger partial charge in [0.25, 0.3) is 5.91 Å². The van der Waals surface area contributed by atoms with Crippen molar-refractivity contribution in [3.63, 3.8) is 0 Å². The van der Waals surface area contributed by atoms with Crippen LogP contribution < -0.4 is 10.0 Å². The number of carbonyl (C=O) groups is 1. The molecule has 1 aliphatic carbocycles. The number of amides is 1. The van der Waals surface area contributed by atoms with Gasteiger partial charge in [-0.2, -0.15) is 0 Å². The summed E-state index contributed by atoms with van der Waals surface area (Å²) >= 11 is 0. The molecular formula is C20H26N2O5S. The van der Waals surface area contributed by atoms with Gasteiger partial charge in [-0.1, -0.05) is 6.92 Å². The van der Waals surface area contributed by atoms with Crippen molar-refractivity contribution in [3.8, 4) is 0 Å². The van der Waals surface area contributed by atoms with Crippen molar-refractivity contribution in [2.45, 2.75) is 38.5 Å². The van der Waals surface area contributed by atoms with Gasteiger partial charge < -0.3 is 14.8 Å². The summed E-state index contributed by atoms with van der Waals surface area (Å²) in [5, 5.41) is 2.91. The average molecular weight is 407 g/mol. The molecule has 8 heteroatoms. The quantitative estimate of drug-likeness (QED) is 0.802. The number of carbonyl (C=O) groups excluding carboxylic acids is 1. The van der Waals surface area contributed by atoms with E-state index in [2.05, 4.69) is 10.0 Å². The van der Waals surface area contributed by atoms with Crippen molar-refractivity contribution in [2.75, 3.05) is 17.9 Å². The fourth-order valence-corrected chi connectivity index (χ4v) is 3.63. The maximum absolute atomic E-state index is 12.6. The Morgan fingerprint density at radius 2 is 1.79 bits per heavy atom. The van der Waals surface area contributed by atoms with Gasteiger partial charge in [0.15, 0.2) is 0 Å². The Bertz CT molecular complexity index is 911. The number of allylic oxidation sites excluding steroid dienone is 2. The largest absolute Gasteiger partial charge is 0.493 e. The van der Waals surface area contributed by atoms with E-state index in [9.17, 15) is 13.2 Å². The molecule has 3 rings (SSSR count). The SMILES string of the molecule is C[C@@H]1C(NC(=O)c2ccc(NS(=O)(=O)C(C)(C)C)cc2)=CC=C2OCCOC21. The highest BCUT2D eigenvalue weighted by molar-refractivity contribution is 7.94. The third kappa shape index (κ3) is 4.23. The lowest BCUT2D eigenvalue weighted by Gasteiger charge is -2.34. The highest BCUT2D eigenvalue weighted by Crippen LogP contribution is 2.30. The van der Waals surface area contributed by atoms with Gasteiger partial charge in [-0.25, -0.2) is 8.42 Å². The number of hydrogen-bond donors (Lipinski definition) is 2. The van der Waals surface area contributed by atoms with E-state index in [0.29, 0.717) is 24.5 Å². The summed E-state index contributed by atoms with van der Waals surface area (Å²) in [4.78, 5) is 12.6. The average Bonchev–Trinajstić information content (AvgIpc) is 2.63. The first kappa shape index (κ1) is 20.4. The minimum absolute atomic E-state index is 0.0397. The summed E-state index contributed by atoms with van der Waals surface area (Å²) in [6.45, 7) is 7.91. The number of ether oxygens (including phenoxy) is 2. The molecule has 1 saturated heterocycles. The molecule has 1 aromatic rings. The number of nitrogens with one attached hydrogen (secondary N) is 2. The first-order chi connectivity index (χ1) is 13.1. The molecule has 152 valence electrons. The minimum Gasteiger partial charge on any atom is -0.493 e. The smallest absolute Gasteiger partial charge is 0.255 e. The Labute approximate surface area is 165 Å². The lowest BCUT2D eigenvalue weighted by molar-refractivity contribution is -0.0601. The maximum Gasteiger partial charge on any atom is 0.255 e. The molecule has 0 saturated carbocycles. The molecule has 1 heterocycles. The van der Waals surface area contributed by atoms with Crippen LogP contribution in [0.1, 0.15) is 38.1 Å². The first-order valence-corrected chi connectivity index (χ1v) is 10.7. The number of sulfonamides is 1. The maximum atomic E-state index is 12.6. The highest BCUT2D eigenvalue weighted by atomic mass is 32.2. The third-order valence-corrected chi connectivity index (χ3v) is 6.88. The van der Waals surface area contributed by atoms with Crippen molar-refractivity contribution in [2.24, 2.45) is 5.92 Å². The van der Waals surface area contributed by atoms with E-state index in [4.69, 9.17) is 9.47 Å². The third-order valence-electron chi connectivity index (χ3n) is 4.77. The molecule has 1 amide bonds. The molecule has 1 aromatic carbocycles. The van der Waals surface area contributed by atoms with E-state index in [1.807, 2.05) is 19.1 Å². The molecule has 1 fully saturated rings. The Hall–Kier alpha value is -2.32. The second kappa shape index (κ2) is 7.60. The second-order valence-electron chi connectivity index (χ2n) is 7.87. The van der Waals surface area contributed by atoms with Gasteiger partial charge >= 0.3 is 0 Å². The molecule has 0 radical (unpaired) electrons. The van der Waals surface area contributed by atoms with Crippen LogP contribution in [-0.2, 0) is 19.5 Å². The van der Waals surface area contributed by atoms with E-state index in [0.717, 1.165) is 11.5 Å². The van der Waals surface area contributed by atoms with Gasteiger partial charge in [0.2, 0.25) is 10.0 Å². The van der Waals surface area contributed by atoms with E-state index >= 15 is 0 Å². The summed E-state index contributed by atoms with van der Waals surface area (Å²) < 4.78 is 37.4. The van der Waals surface area contributed by atoms with Crippen LogP contribution in [0, 0.1) is 5.92 Å². The van der Waals surface area contributed by atoms with E-state index < -0.39 is 14.8 Å². The van der Waals surface area contributed by atoms with E-state index in [-0.39, 0.29) is 17.9 Å². The van der Waals surface area contributed by atoms with Crippen LogP contribution in [-0.4, -0.2) is 38.4 Å². The Balaban J connectivity index is 1.69. The monoisotopic (exact) mass is 406 g/mol. The molecule has 0 spiro atoms. The van der Waals surface area contributed by atoms with Crippen LogP contribution in [0.3, 0.4) is 0 Å². The Morgan fingerprint density at radius 1 is 1.11 bits per heavy atom. The molecule has 2 atom stereocenters. The molecule has 0 aromatic heterocycles. The predicted molar refractivity (Wildman–Crippen MR) is 107 cm³/mol.